The van der Waals surface area contributed by atoms with Crippen LogP contribution in [0.25, 0.3) is 0 Å². The minimum absolute atomic E-state index is 0.0927. The van der Waals surface area contributed by atoms with Crippen molar-refractivity contribution in [2.75, 3.05) is 19.7 Å². The first-order valence-corrected chi connectivity index (χ1v) is 11.3. The minimum atomic E-state index is -0.459. The van der Waals surface area contributed by atoms with Gasteiger partial charge in [0.1, 0.15) is 0 Å². The number of amides is 2. The molecule has 4 aliphatic carbocycles. The highest BCUT2D eigenvalue weighted by Gasteiger charge is 2.54. The lowest BCUT2D eigenvalue weighted by molar-refractivity contribution is -0.149. The number of benzene rings is 1. The number of hydrogen-bond donors (Lipinski definition) is 2. The molecular formula is C24H32N2O4. The highest BCUT2D eigenvalue weighted by atomic mass is 16.5. The zero-order chi connectivity index (χ0) is 21.0. The van der Waals surface area contributed by atoms with Crippen molar-refractivity contribution in [1.82, 2.24) is 10.6 Å². The van der Waals surface area contributed by atoms with Gasteiger partial charge < -0.3 is 15.4 Å². The summed E-state index contributed by atoms with van der Waals surface area (Å²) in [5.41, 5.74) is 0.946. The smallest absolute Gasteiger partial charge is 0.308 e. The van der Waals surface area contributed by atoms with Crippen LogP contribution in [0.1, 0.15) is 50.5 Å². The molecule has 0 unspecified atom stereocenters. The number of ether oxygens (including phenoxy) is 1. The van der Waals surface area contributed by atoms with Gasteiger partial charge in [-0.15, -0.1) is 0 Å². The summed E-state index contributed by atoms with van der Waals surface area (Å²) < 4.78 is 5.04. The molecule has 5 rings (SSSR count). The Labute approximate surface area is 178 Å². The molecule has 2 amide bonds. The van der Waals surface area contributed by atoms with Crippen molar-refractivity contribution in [2.45, 2.75) is 51.4 Å². The van der Waals surface area contributed by atoms with E-state index in [0.717, 1.165) is 31.2 Å². The minimum Gasteiger partial charge on any atom is -0.456 e. The molecule has 30 heavy (non-hydrogen) atoms. The van der Waals surface area contributed by atoms with Gasteiger partial charge in [-0.2, -0.15) is 0 Å². The quantitative estimate of drug-likeness (QED) is 0.611. The SMILES string of the molecule is O=C(COC(=O)CCNC(=O)C12CC3CC(CC(C3)C1)C2)NCCc1ccccc1. The molecule has 1 aromatic carbocycles. The van der Waals surface area contributed by atoms with Crippen LogP contribution in [0.4, 0.5) is 0 Å². The van der Waals surface area contributed by atoms with Gasteiger partial charge in [0.25, 0.3) is 5.91 Å². The average molecular weight is 413 g/mol. The van der Waals surface area contributed by atoms with Gasteiger partial charge in [-0.25, -0.2) is 0 Å². The van der Waals surface area contributed by atoms with E-state index in [2.05, 4.69) is 10.6 Å². The Hall–Kier alpha value is -2.37. The second kappa shape index (κ2) is 9.19. The summed E-state index contributed by atoms with van der Waals surface area (Å²) in [7, 11) is 0. The van der Waals surface area contributed by atoms with Crippen LogP contribution in [0, 0.1) is 23.2 Å². The van der Waals surface area contributed by atoms with Gasteiger partial charge in [0, 0.05) is 18.5 Å². The summed E-state index contributed by atoms with van der Waals surface area (Å²) in [6.07, 6.45) is 7.76. The fourth-order valence-electron chi connectivity index (χ4n) is 6.11. The summed E-state index contributed by atoms with van der Waals surface area (Å²) in [6.45, 7) is 0.493. The summed E-state index contributed by atoms with van der Waals surface area (Å²) in [4.78, 5) is 36.6. The van der Waals surface area contributed by atoms with E-state index in [1.807, 2.05) is 30.3 Å². The van der Waals surface area contributed by atoms with Crippen LogP contribution >= 0.6 is 0 Å². The summed E-state index contributed by atoms with van der Waals surface area (Å²) in [6, 6.07) is 9.88. The first-order valence-electron chi connectivity index (χ1n) is 11.3. The van der Waals surface area contributed by atoms with Gasteiger partial charge in [0.15, 0.2) is 6.61 Å². The van der Waals surface area contributed by atoms with Crippen LogP contribution < -0.4 is 10.6 Å². The predicted molar refractivity (Wildman–Crippen MR) is 112 cm³/mol. The molecule has 0 aliphatic heterocycles. The molecule has 0 aromatic heterocycles. The Balaban J connectivity index is 1.10. The van der Waals surface area contributed by atoms with Crippen molar-refractivity contribution in [1.29, 1.82) is 0 Å². The lowest BCUT2D eigenvalue weighted by atomic mass is 9.49. The first kappa shape index (κ1) is 20.9. The monoisotopic (exact) mass is 412 g/mol. The van der Waals surface area contributed by atoms with E-state index >= 15 is 0 Å². The van der Waals surface area contributed by atoms with Crippen LogP contribution in [-0.4, -0.2) is 37.5 Å². The molecule has 6 nitrogen and oxygen atoms in total. The Kier molecular flexibility index (Phi) is 6.40. The predicted octanol–water partition coefficient (Wildman–Crippen LogP) is 2.61. The fourth-order valence-corrected chi connectivity index (χ4v) is 6.11. The summed E-state index contributed by atoms with van der Waals surface area (Å²) >= 11 is 0. The van der Waals surface area contributed by atoms with Crippen LogP contribution in [-0.2, 0) is 25.5 Å². The van der Waals surface area contributed by atoms with Crippen molar-refractivity contribution in [3.8, 4) is 0 Å². The van der Waals surface area contributed by atoms with Crippen molar-refractivity contribution < 1.29 is 19.1 Å². The number of carbonyl (C=O) groups is 3. The van der Waals surface area contributed by atoms with Crippen LogP contribution in [0.5, 0.6) is 0 Å². The van der Waals surface area contributed by atoms with Crippen molar-refractivity contribution in [2.24, 2.45) is 23.2 Å². The Morgan fingerprint density at radius 2 is 1.53 bits per heavy atom. The lowest BCUT2D eigenvalue weighted by Gasteiger charge is -2.55. The van der Waals surface area contributed by atoms with Crippen LogP contribution in [0.15, 0.2) is 30.3 Å². The maximum absolute atomic E-state index is 12.9. The Morgan fingerprint density at radius 3 is 2.17 bits per heavy atom. The molecule has 0 atom stereocenters. The van der Waals surface area contributed by atoms with E-state index in [-0.39, 0.29) is 36.8 Å². The standard InChI is InChI=1S/C24H32N2O4/c27-21(25-8-6-17-4-2-1-3-5-17)16-30-22(28)7-9-26-23(29)24-13-18-10-19(14-24)12-20(11-18)15-24/h1-5,18-20H,6-16H2,(H,25,27)(H,26,29). The lowest BCUT2D eigenvalue weighted by Crippen LogP contribution is -2.53. The van der Waals surface area contributed by atoms with Gasteiger partial charge in [-0.1, -0.05) is 30.3 Å². The van der Waals surface area contributed by atoms with Crippen molar-refractivity contribution >= 4 is 17.8 Å². The third-order valence-electron chi connectivity index (χ3n) is 7.08. The molecule has 0 radical (unpaired) electrons. The van der Waals surface area contributed by atoms with Gasteiger partial charge in [-0.3, -0.25) is 14.4 Å². The third kappa shape index (κ3) is 5.02. The molecule has 4 bridgehead atoms. The topological polar surface area (TPSA) is 84.5 Å². The molecule has 6 heteroatoms. The van der Waals surface area contributed by atoms with E-state index in [1.54, 1.807) is 0 Å². The van der Waals surface area contributed by atoms with Gasteiger partial charge in [0.2, 0.25) is 5.91 Å². The van der Waals surface area contributed by atoms with Crippen LogP contribution in [0.2, 0.25) is 0 Å². The summed E-state index contributed by atoms with van der Waals surface area (Å²) in [5, 5.41) is 5.72. The molecular weight excluding hydrogens is 380 g/mol. The van der Waals surface area contributed by atoms with E-state index in [0.29, 0.717) is 24.3 Å². The maximum atomic E-state index is 12.9. The van der Waals surface area contributed by atoms with Gasteiger partial charge >= 0.3 is 5.97 Å². The molecule has 0 heterocycles. The molecule has 4 saturated carbocycles. The molecule has 162 valence electrons. The molecule has 4 aliphatic rings. The van der Waals surface area contributed by atoms with E-state index in [4.69, 9.17) is 4.74 Å². The Morgan fingerprint density at radius 1 is 0.900 bits per heavy atom. The van der Waals surface area contributed by atoms with E-state index in [1.165, 1.54) is 19.3 Å². The largest absolute Gasteiger partial charge is 0.456 e. The van der Waals surface area contributed by atoms with Crippen molar-refractivity contribution in [3.05, 3.63) is 35.9 Å². The van der Waals surface area contributed by atoms with Gasteiger partial charge in [-0.05, 0) is 68.3 Å². The number of nitrogens with one attached hydrogen (secondary N) is 2. The number of rotatable bonds is 9. The zero-order valence-electron chi connectivity index (χ0n) is 17.5. The highest BCUT2D eigenvalue weighted by molar-refractivity contribution is 5.84. The molecule has 0 saturated heterocycles. The fraction of sp³-hybridized carbons (Fsp3) is 0.625. The molecule has 4 fully saturated rings. The van der Waals surface area contributed by atoms with E-state index < -0.39 is 5.97 Å². The average Bonchev–Trinajstić information content (AvgIpc) is 2.72. The zero-order valence-corrected chi connectivity index (χ0v) is 17.5. The first-order chi connectivity index (χ1) is 14.5. The van der Waals surface area contributed by atoms with E-state index in [9.17, 15) is 14.4 Å². The molecule has 0 spiro atoms. The van der Waals surface area contributed by atoms with Crippen molar-refractivity contribution in [3.63, 3.8) is 0 Å². The second-order valence-corrected chi connectivity index (χ2v) is 9.45. The number of hydrogen-bond acceptors (Lipinski definition) is 4. The van der Waals surface area contributed by atoms with Crippen LogP contribution in [0.3, 0.4) is 0 Å². The maximum Gasteiger partial charge on any atom is 0.308 e. The second-order valence-electron chi connectivity index (χ2n) is 9.45. The highest BCUT2D eigenvalue weighted by Crippen LogP contribution is 2.60. The number of esters is 1. The normalized spacial score (nSPS) is 28.7. The summed E-state index contributed by atoms with van der Waals surface area (Å²) in [5.74, 6) is 1.50. The number of carbonyl (C=O) groups excluding carboxylic acids is 3. The molecule has 2 N–H and O–H groups in total. The Bertz CT molecular complexity index is 741. The van der Waals surface area contributed by atoms with Gasteiger partial charge in [0.05, 0.1) is 6.42 Å². The molecule has 1 aromatic rings. The third-order valence-corrected chi connectivity index (χ3v) is 7.08.